The Morgan fingerprint density at radius 2 is 2.18 bits per heavy atom. The topological polar surface area (TPSA) is 49.9 Å². The van der Waals surface area contributed by atoms with Crippen LogP contribution < -0.4 is 10.1 Å². The molecule has 0 spiro atoms. The highest BCUT2D eigenvalue weighted by Crippen LogP contribution is 2.17. The van der Waals surface area contributed by atoms with Crippen molar-refractivity contribution in [3.63, 3.8) is 0 Å². The third-order valence-corrected chi connectivity index (χ3v) is 2.47. The van der Waals surface area contributed by atoms with E-state index in [4.69, 9.17) is 4.74 Å². The van der Waals surface area contributed by atoms with Gasteiger partial charge >= 0.3 is 0 Å². The van der Waals surface area contributed by atoms with Crippen LogP contribution in [0.15, 0.2) is 36.7 Å². The van der Waals surface area contributed by atoms with E-state index in [1.807, 2.05) is 37.5 Å². The van der Waals surface area contributed by atoms with Crippen LogP contribution in [0.3, 0.4) is 0 Å². The number of rotatable bonds is 6. The number of hydrogen-bond donors (Lipinski definition) is 2. The molecule has 0 aliphatic rings. The number of para-hydroxylation sites is 1. The van der Waals surface area contributed by atoms with Gasteiger partial charge in [-0.15, -0.1) is 0 Å². The Bertz CT molecular complexity index is 440. The molecule has 0 atom stereocenters. The van der Waals surface area contributed by atoms with E-state index >= 15 is 0 Å². The second-order valence-corrected chi connectivity index (χ2v) is 3.75. The van der Waals surface area contributed by atoms with Crippen LogP contribution in [-0.4, -0.2) is 16.8 Å². The maximum atomic E-state index is 5.57. The van der Waals surface area contributed by atoms with Gasteiger partial charge in [0.15, 0.2) is 0 Å². The number of benzene rings is 1. The average Bonchev–Trinajstić information content (AvgIpc) is 2.85. The van der Waals surface area contributed by atoms with E-state index in [0.717, 1.165) is 24.4 Å². The molecule has 1 aromatic carbocycles. The Morgan fingerprint density at radius 3 is 2.94 bits per heavy atom. The lowest BCUT2D eigenvalue weighted by molar-refractivity contribution is 0.335. The van der Waals surface area contributed by atoms with E-state index in [0.29, 0.717) is 6.61 Å². The minimum absolute atomic E-state index is 0.693. The van der Waals surface area contributed by atoms with Crippen molar-refractivity contribution in [2.45, 2.75) is 20.0 Å². The maximum absolute atomic E-state index is 5.57. The molecule has 0 aliphatic carbocycles. The van der Waals surface area contributed by atoms with Gasteiger partial charge < -0.3 is 10.1 Å². The first-order valence-electron chi connectivity index (χ1n) is 5.79. The molecule has 0 saturated heterocycles. The molecule has 1 aromatic heterocycles. The molecule has 0 fully saturated rings. The molecular formula is C13H17N3O. The molecule has 2 aromatic rings. The smallest absolute Gasteiger partial charge is 0.123 e. The quantitative estimate of drug-likeness (QED) is 0.800. The van der Waals surface area contributed by atoms with Gasteiger partial charge in [0.1, 0.15) is 5.75 Å². The van der Waals surface area contributed by atoms with E-state index < -0.39 is 0 Å². The van der Waals surface area contributed by atoms with Gasteiger partial charge in [0.2, 0.25) is 0 Å². The van der Waals surface area contributed by atoms with Crippen molar-refractivity contribution in [2.75, 3.05) is 6.61 Å². The highest BCUT2D eigenvalue weighted by Gasteiger charge is 2.01. The summed E-state index contributed by atoms with van der Waals surface area (Å²) in [5.41, 5.74) is 2.33. The summed E-state index contributed by atoms with van der Waals surface area (Å²) in [7, 11) is 0. The number of aromatic nitrogens is 2. The zero-order valence-electron chi connectivity index (χ0n) is 9.94. The fourth-order valence-corrected chi connectivity index (χ4v) is 1.66. The lowest BCUT2D eigenvalue weighted by Gasteiger charge is -2.10. The zero-order valence-corrected chi connectivity index (χ0v) is 9.94. The Balaban J connectivity index is 1.89. The van der Waals surface area contributed by atoms with Crippen LogP contribution in [0, 0.1) is 0 Å². The average molecular weight is 231 g/mol. The van der Waals surface area contributed by atoms with Gasteiger partial charge in [0, 0.05) is 30.4 Å². The second kappa shape index (κ2) is 6.06. The van der Waals surface area contributed by atoms with E-state index in [2.05, 4.69) is 21.6 Å². The number of H-pyrrole nitrogens is 1. The summed E-state index contributed by atoms with van der Waals surface area (Å²) in [5, 5.41) is 10.1. The minimum atomic E-state index is 0.693. The molecule has 1 heterocycles. The van der Waals surface area contributed by atoms with Crippen molar-refractivity contribution in [3.8, 4) is 5.75 Å². The van der Waals surface area contributed by atoms with Gasteiger partial charge in [-0.2, -0.15) is 5.10 Å². The number of ether oxygens (including phenoxy) is 1. The van der Waals surface area contributed by atoms with Crippen molar-refractivity contribution in [1.29, 1.82) is 0 Å². The third-order valence-electron chi connectivity index (χ3n) is 2.47. The molecule has 0 amide bonds. The fraction of sp³-hybridized carbons (Fsp3) is 0.308. The van der Waals surface area contributed by atoms with Crippen molar-refractivity contribution < 1.29 is 4.74 Å². The first kappa shape index (κ1) is 11.7. The predicted octanol–water partition coefficient (Wildman–Crippen LogP) is 2.10. The Hall–Kier alpha value is -1.81. The van der Waals surface area contributed by atoms with E-state index in [-0.39, 0.29) is 0 Å². The number of nitrogens with one attached hydrogen (secondary N) is 2. The van der Waals surface area contributed by atoms with Gasteiger partial charge in [0.25, 0.3) is 0 Å². The summed E-state index contributed by atoms with van der Waals surface area (Å²) in [6.45, 7) is 4.28. The lowest BCUT2D eigenvalue weighted by atomic mass is 10.2. The predicted molar refractivity (Wildman–Crippen MR) is 66.7 cm³/mol. The molecule has 0 bridgehead atoms. The van der Waals surface area contributed by atoms with E-state index in [9.17, 15) is 0 Å². The Kier molecular flexibility index (Phi) is 4.16. The van der Waals surface area contributed by atoms with Gasteiger partial charge in [-0.05, 0) is 13.0 Å². The molecule has 0 saturated carbocycles. The summed E-state index contributed by atoms with van der Waals surface area (Å²) < 4.78 is 5.57. The molecular weight excluding hydrogens is 214 g/mol. The highest BCUT2D eigenvalue weighted by molar-refractivity contribution is 5.33. The molecule has 2 rings (SSSR count). The zero-order chi connectivity index (χ0) is 11.9. The van der Waals surface area contributed by atoms with Crippen molar-refractivity contribution in [1.82, 2.24) is 15.5 Å². The van der Waals surface area contributed by atoms with Crippen LogP contribution in [0.25, 0.3) is 0 Å². The molecule has 90 valence electrons. The second-order valence-electron chi connectivity index (χ2n) is 3.75. The standard InChI is InChI=1S/C13H17N3O/c1-2-17-13-6-4-3-5-12(13)10-14-7-11-8-15-16-9-11/h3-6,8-9,14H,2,7,10H2,1H3,(H,15,16). The normalized spacial score (nSPS) is 10.4. The van der Waals surface area contributed by atoms with Crippen LogP contribution in [-0.2, 0) is 13.1 Å². The summed E-state index contributed by atoms with van der Waals surface area (Å²) in [5.74, 6) is 0.953. The van der Waals surface area contributed by atoms with Crippen LogP contribution in [0.2, 0.25) is 0 Å². The van der Waals surface area contributed by atoms with Crippen molar-refractivity contribution in [2.24, 2.45) is 0 Å². The largest absolute Gasteiger partial charge is 0.494 e. The SMILES string of the molecule is CCOc1ccccc1CNCc1cn[nH]c1. The lowest BCUT2D eigenvalue weighted by Crippen LogP contribution is -2.13. The maximum Gasteiger partial charge on any atom is 0.123 e. The van der Waals surface area contributed by atoms with Gasteiger partial charge in [0.05, 0.1) is 12.8 Å². The summed E-state index contributed by atoms with van der Waals surface area (Å²) >= 11 is 0. The van der Waals surface area contributed by atoms with E-state index in [1.54, 1.807) is 0 Å². The van der Waals surface area contributed by atoms with E-state index in [1.165, 1.54) is 5.56 Å². The monoisotopic (exact) mass is 231 g/mol. The van der Waals surface area contributed by atoms with Gasteiger partial charge in [-0.3, -0.25) is 5.10 Å². The number of aromatic amines is 1. The van der Waals surface area contributed by atoms with Crippen molar-refractivity contribution >= 4 is 0 Å². The van der Waals surface area contributed by atoms with Crippen LogP contribution in [0.5, 0.6) is 5.75 Å². The fourth-order valence-electron chi connectivity index (χ4n) is 1.66. The molecule has 4 heteroatoms. The molecule has 0 radical (unpaired) electrons. The number of nitrogens with zero attached hydrogens (tertiary/aromatic N) is 1. The van der Waals surface area contributed by atoms with Gasteiger partial charge in [-0.25, -0.2) is 0 Å². The summed E-state index contributed by atoms with van der Waals surface area (Å²) in [6.07, 6.45) is 3.71. The van der Waals surface area contributed by atoms with Crippen molar-refractivity contribution in [3.05, 3.63) is 47.8 Å². The Labute approximate surface area is 101 Å². The highest BCUT2D eigenvalue weighted by atomic mass is 16.5. The summed E-state index contributed by atoms with van der Waals surface area (Å²) in [6, 6.07) is 8.09. The summed E-state index contributed by atoms with van der Waals surface area (Å²) in [4.78, 5) is 0. The molecule has 17 heavy (non-hydrogen) atoms. The van der Waals surface area contributed by atoms with Crippen LogP contribution in [0.4, 0.5) is 0 Å². The molecule has 0 aliphatic heterocycles. The van der Waals surface area contributed by atoms with Gasteiger partial charge in [-0.1, -0.05) is 18.2 Å². The molecule has 0 unspecified atom stereocenters. The van der Waals surface area contributed by atoms with Crippen LogP contribution in [0.1, 0.15) is 18.1 Å². The molecule has 2 N–H and O–H groups in total. The number of hydrogen-bond acceptors (Lipinski definition) is 3. The first-order chi connectivity index (χ1) is 8.40. The minimum Gasteiger partial charge on any atom is -0.494 e. The third kappa shape index (κ3) is 3.32. The Morgan fingerprint density at radius 1 is 1.29 bits per heavy atom. The van der Waals surface area contributed by atoms with Crippen LogP contribution >= 0.6 is 0 Å². The molecule has 4 nitrogen and oxygen atoms in total. The first-order valence-corrected chi connectivity index (χ1v) is 5.79.